The van der Waals surface area contributed by atoms with E-state index in [1.54, 1.807) is 13.2 Å². The van der Waals surface area contributed by atoms with Crippen molar-refractivity contribution in [2.75, 3.05) is 26.7 Å². The molecule has 0 bridgehead atoms. The lowest BCUT2D eigenvalue weighted by atomic mass is 9.90. The predicted molar refractivity (Wildman–Crippen MR) is 112 cm³/mol. The highest BCUT2D eigenvalue weighted by atomic mass is 16.5. The van der Waals surface area contributed by atoms with Gasteiger partial charge in [0.25, 0.3) is 0 Å². The van der Waals surface area contributed by atoms with E-state index in [1.807, 2.05) is 18.2 Å². The largest absolute Gasteiger partial charge is 0.504 e. The van der Waals surface area contributed by atoms with Gasteiger partial charge in [-0.05, 0) is 30.8 Å². The molecule has 0 saturated carbocycles. The molecule has 1 unspecified atom stereocenters. The number of nitrogens with zero attached hydrogens (tertiary/aromatic N) is 3. The molecule has 0 aromatic heterocycles. The molecule has 2 aromatic rings. The van der Waals surface area contributed by atoms with Crippen molar-refractivity contribution in [2.24, 2.45) is 5.10 Å². The van der Waals surface area contributed by atoms with Crippen molar-refractivity contribution in [1.29, 1.82) is 0 Å². The molecule has 6 nitrogen and oxygen atoms in total. The number of piperidine rings is 1. The smallest absolute Gasteiger partial charge is 0.200 e. The van der Waals surface area contributed by atoms with Gasteiger partial charge in [-0.2, -0.15) is 5.10 Å². The molecule has 29 heavy (non-hydrogen) atoms. The maximum absolute atomic E-state index is 9.96. The summed E-state index contributed by atoms with van der Waals surface area (Å²) in [6, 6.07) is 14.0. The van der Waals surface area contributed by atoms with E-state index in [9.17, 15) is 5.11 Å². The van der Waals surface area contributed by atoms with E-state index in [-0.39, 0.29) is 11.8 Å². The summed E-state index contributed by atoms with van der Waals surface area (Å²) in [5, 5.41) is 17.3. The molecule has 1 N–H and O–H groups in total. The minimum Gasteiger partial charge on any atom is -0.504 e. The van der Waals surface area contributed by atoms with Gasteiger partial charge in [0.15, 0.2) is 11.5 Å². The van der Waals surface area contributed by atoms with Crippen molar-refractivity contribution in [1.82, 2.24) is 9.91 Å². The molecular weight excluding hydrogens is 366 g/mol. The highest BCUT2D eigenvalue weighted by Crippen LogP contribution is 2.50. The van der Waals surface area contributed by atoms with E-state index in [2.05, 4.69) is 35.0 Å². The second-order valence-electron chi connectivity index (χ2n) is 8.02. The number of hydrazone groups is 1. The third-order valence-electron chi connectivity index (χ3n) is 6.50. The quantitative estimate of drug-likeness (QED) is 0.861. The first-order chi connectivity index (χ1) is 14.1. The van der Waals surface area contributed by atoms with Gasteiger partial charge in [0, 0.05) is 43.5 Å². The first-order valence-corrected chi connectivity index (χ1v) is 10.4. The number of methoxy groups -OCH3 is 1. The molecule has 2 aromatic carbocycles. The van der Waals surface area contributed by atoms with E-state index in [1.165, 1.54) is 5.56 Å². The standard InChI is InChI=1S/C23H27N3O3/c1-3-25-12-10-23(11-13-25)26-19(17-6-4-5-7-21(17)29-23)15-18(24-26)16-8-9-20(27)22(14-16)28-2/h4-9,14,19,27H,3,10-13,15H2,1-2H3. The topological polar surface area (TPSA) is 57.5 Å². The van der Waals surface area contributed by atoms with Gasteiger partial charge < -0.3 is 19.5 Å². The number of hydrogen-bond donors (Lipinski definition) is 1. The molecular formula is C23H27N3O3. The Bertz CT molecular complexity index is 950. The molecule has 3 heterocycles. The summed E-state index contributed by atoms with van der Waals surface area (Å²) in [6.45, 7) is 5.31. The SMILES string of the molecule is CCN1CCC2(CC1)Oc1ccccc1C1CC(c3ccc(O)c(OC)c3)=NN12. The molecule has 0 aliphatic carbocycles. The fraction of sp³-hybridized carbons (Fsp3) is 0.435. The molecule has 5 rings (SSSR count). The highest BCUT2D eigenvalue weighted by molar-refractivity contribution is 6.02. The summed E-state index contributed by atoms with van der Waals surface area (Å²) in [5.41, 5.74) is 2.78. The fourth-order valence-corrected chi connectivity index (χ4v) is 4.81. The van der Waals surface area contributed by atoms with Crippen molar-refractivity contribution < 1.29 is 14.6 Å². The number of phenols is 1. The monoisotopic (exact) mass is 393 g/mol. The van der Waals surface area contributed by atoms with Crippen LogP contribution in [0.3, 0.4) is 0 Å². The highest BCUT2D eigenvalue weighted by Gasteiger charge is 2.51. The average molecular weight is 393 g/mol. The summed E-state index contributed by atoms with van der Waals surface area (Å²) in [4.78, 5) is 2.47. The van der Waals surface area contributed by atoms with Crippen LogP contribution in [0.1, 0.15) is 43.4 Å². The Morgan fingerprint density at radius 1 is 1.21 bits per heavy atom. The number of likely N-dealkylation sites (tertiary alicyclic amines) is 1. The Labute approximate surface area is 171 Å². The Balaban J connectivity index is 1.54. The normalized spacial score (nSPS) is 22.6. The van der Waals surface area contributed by atoms with Crippen LogP contribution < -0.4 is 9.47 Å². The van der Waals surface area contributed by atoms with Crippen molar-refractivity contribution >= 4 is 5.71 Å². The number of aromatic hydroxyl groups is 1. The first kappa shape index (κ1) is 18.3. The molecule has 3 aliphatic rings. The molecule has 0 amide bonds. The van der Waals surface area contributed by atoms with Crippen LogP contribution in [-0.2, 0) is 0 Å². The van der Waals surface area contributed by atoms with Gasteiger partial charge in [0.2, 0.25) is 5.72 Å². The van der Waals surface area contributed by atoms with Gasteiger partial charge in [-0.1, -0.05) is 25.1 Å². The van der Waals surface area contributed by atoms with E-state index >= 15 is 0 Å². The number of para-hydroxylation sites is 1. The van der Waals surface area contributed by atoms with E-state index in [0.29, 0.717) is 5.75 Å². The lowest BCUT2D eigenvalue weighted by Crippen LogP contribution is -2.59. The number of ether oxygens (including phenoxy) is 2. The number of rotatable bonds is 3. The molecule has 1 spiro atoms. The summed E-state index contributed by atoms with van der Waals surface area (Å²) in [7, 11) is 1.57. The van der Waals surface area contributed by atoms with Gasteiger partial charge >= 0.3 is 0 Å². The molecule has 152 valence electrons. The van der Waals surface area contributed by atoms with Crippen LogP contribution in [0.4, 0.5) is 0 Å². The van der Waals surface area contributed by atoms with Gasteiger partial charge in [0.05, 0.1) is 18.9 Å². The average Bonchev–Trinajstić information content (AvgIpc) is 3.22. The first-order valence-electron chi connectivity index (χ1n) is 10.4. The Hall–Kier alpha value is -2.73. The lowest BCUT2D eigenvalue weighted by Gasteiger charge is -2.51. The van der Waals surface area contributed by atoms with Crippen LogP contribution in [0.25, 0.3) is 0 Å². The number of fused-ring (bicyclic) bond motifs is 4. The third kappa shape index (κ3) is 2.94. The van der Waals surface area contributed by atoms with Crippen molar-refractivity contribution in [3.05, 3.63) is 53.6 Å². The number of phenolic OH excluding ortho intramolecular Hbond substituents is 1. The van der Waals surface area contributed by atoms with Crippen molar-refractivity contribution in [3.8, 4) is 17.2 Å². The third-order valence-corrected chi connectivity index (χ3v) is 6.50. The summed E-state index contributed by atoms with van der Waals surface area (Å²) in [5.74, 6) is 1.60. The van der Waals surface area contributed by atoms with E-state index < -0.39 is 5.72 Å². The second-order valence-corrected chi connectivity index (χ2v) is 8.02. The molecule has 0 radical (unpaired) electrons. The van der Waals surface area contributed by atoms with Crippen LogP contribution in [0.2, 0.25) is 0 Å². The zero-order chi connectivity index (χ0) is 20.0. The number of hydrogen-bond acceptors (Lipinski definition) is 6. The summed E-state index contributed by atoms with van der Waals surface area (Å²) < 4.78 is 11.9. The minimum atomic E-state index is -0.395. The van der Waals surface area contributed by atoms with Gasteiger partial charge in [0.1, 0.15) is 5.75 Å². The summed E-state index contributed by atoms with van der Waals surface area (Å²) in [6.07, 6.45) is 2.68. The Morgan fingerprint density at radius 2 is 2.00 bits per heavy atom. The van der Waals surface area contributed by atoms with Crippen LogP contribution >= 0.6 is 0 Å². The molecule has 6 heteroatoms. The van der Waals surface area contributed by atoms with Gasteiger partial charge in [-0.3, -0.25) is 0 Å². The molecule has 1 fully saturated rings. The van der Waals surface area contributed by atoms with Gasteiger partial charge in [-0.25, -0.2) is 5.01 Å². The fourth-order valence-electron chi connectivity index (χ4n) is 4.81. The van der Waals surface area contributed by atoms with E-state index in [4.69, 9.17) is 14.6 Å². The second kappa shape index (κ2) is 6.95. The Kier molecular flexibility index (Phi) is 4.39. The molecule has 1 atom stereocenters. The maximum atomic E-state index is 9.96. The van der Waals surface area contributed by atoms with E-state index in [0.717, 1.165) is 55.9 Å². The van der Waals surface area contributed by atoms with Gasteiger partial charge in [-0.15, -0.1) is 0 Å². The maximum Gasteiger partial charge on any atom is 0.200 e. The number of benzene rings is 2. The van der Waals surface area contributed by atoms with Crippen LogP contribution in [0.15, 0.2) is 47.6 Å². The molecule has 3 aliphatic heterocycles. The predicted octanol–water partition coefficient (Wildman–Crippen LogP) is 3.76. The Morgan fingerprint density at radius 3 is 2.76 bits per heavy atom. The van der Waals surface area contributed by atoms with Crippen LogP contribution in [-0.4, -0.2) is 53.2 Å². The van der Waals surface area contributed by atoms with Crippen LogP contribution in [0.5, 0.6) is 17.2 Å². The lowest BCUT2D eigenvalue weighted by molar-refractivity contribution is -0.149. The summed E-state index contributed by atoms with van der Waals surface area (Å²) >= 11 is 0. The zero-order valence-corrected chi connectivity index (χ0v) is 17.0. The molecule has 1 saturated heterocycles. The van der Waals surface area contributed by atoms with Crippen LogP contribution in [0, 0.1) is 0 Å². The van der Waals surface area contributed by atoms with Crippen molar-refractivity contribution in [3.63, 3.8) is 0 Å². The minimum absolute atomic E-state index is 0.143. The zero-order valence-electron chi connectivity index (χ0n) is 17.0. The van der Waals surface area contributed by atoms with Crippen molar-refractivity contribution in [2.45, 2.75) is 38.0 Å².